The fourth-order valence-electron chi connectivity index (χ4n) is 3.36. The first-order chi connectivity index (χ1) is 11.3. The largest absolute Gasteiger partial charge is 0.379 e. The third-order valence-electron chi connectivity index (χ3n) is 4.89. The summed E-state index contributed by atoms with van der Waals surface area (Å²) in [4.78, 5) is 9.45. The van der Waals surface area contributed by atoms with Crippen LogP contribution in [-0.4, -0.2) is 80.8 Å². The number of ether oxygens (including phenoxy) is 1. The van der Waals surface area contributed by atoms with Crippen molar-refractivity contribution in [2.45, 2.75) is 45.1 Å². The molecule has 24 heavy (non-hydrogen) atoms. The Balaban J connectivity index is 0.00000288. The zero-order chi connectivity index (χ0) is 16.3. The highest BCUT2D eigenvalue weighted by Crippen LogP contribution is 2.15. The number of rotatable bonds is 8. The summed E-state index contributed by atoms with van der Waals surface area (Å²) in [6.45, 7) is 11.4. The van der Waals surface area contributed by atoms with Crippen LogP contribution in [0.2, 0.25) is 0 Å². The lowest BCUT2D eigenvalue weighted by Gasteiger charge is -2.33. The van der Waals surface area contributed by atoms with Gasteiger partial charge in [-0.05, 0) is 39.2 Å². The fraction of sp³-hybridized carbons (Fsp3) is 0.941. The van der Waals surface area contributed by atoms with Crippen LogP contribution in [0.1, 0.15) is 39.0 Å². The van der Waals surface area contributed by atoms with Gasteiger partial charge in [-0.25, -0.2) is 0 Å². The summed E-state index contributed by atoms with van der Waals surface area (Å²) in [7, 11) is 0. The first-order valence-electron chi connectivity index (χ1n) is 9.33. The van der Waals surface area contributed by atoms with E-state index in [-0.39, 0.29) is 24.0 Å². The normalized spacial score (nSPS) is 23.7. The maximum absolute atomic E-state index is 5.93. The maximum atomic E-state index is 5.93. The standard InChI is InChI=1S/C17H35N5O.HI/c1-16-6-2-3-10-22(16)11-5-8-20-17(18)19-7-4-9-21-12-14-23-15-13-21;/h16H,2-15H2,1H3,(H3,18,19,20);1H. The van der Waals surface area contributed by atoms with Gasteiger partial charge in [0.25, 0.3) is 0 Å². The van der Waals surface area contributed by atoms with E-state index in [1.807, 2.05) is 0 Å². The van der Waals surface area contributed by atoms with Crippen molar-refractivity contribution in [3.8, 4) is 0 Å². The number of guanidine groups is 1. The summed E-state index contributed by atoms with van der Waals surface area (Å²) >= 11 is 0. The Labute approximate surface area is 164 Å². The Bertz CT molecular complexity index is 350. The molecule has 0 aromatic heterocycles. The van der Waals surface area contributed by atoms with Crippen LogP contribution >= 0.6 is 24.0 Å². The minimum atomic E-state index is 0. The van der Waals surface area contributed by atoms with Gasteiger partial charge in [-0.1, -0.05) is 6.42 Å². The van der Waals surface area contributed by atoms with E-state index >= 15 is 0 Å². The summed E-state index contributed by atoms with van der Waals surface area (Å²) in [6.07, 6.45) is 6.28. The molecule has 2 rings (SSSR count). The number of nitrogens with one attached hydrogen (secondary N) is 1. The Kier molecular flexibility index (Phi) is 12.0. The summed E-state index contributed by atoms with van der Waals surface area (Å²) in [5.74, 6) is 0.596. The lowest BCUT2D eigenvalue weighted by atomic mass is 10.0. The molecule has 0 aromatic rings. The van der Waals surface area contributed by atoms with Crippen molar-refractivity contribution >= 4 is 29.9 Å². The van der Waals surface area contributed by atoms with Crippen molar-refractivity contribution in [2.75, 3.05) is 59.0 Å². The Hall–Kier alpha value is -0.120. The summed E-state index contributed by atoms with van der Waals surface area (Å²) < 4.78 is 5.35. The number of halogens is 1. The molecule has 0 amide bonds. The predicted molar refractivity (Wildman–Crippen MR) is 111 cm³/mol. The molecule has 2 saturated heterocycles. The maximum Gasteiger partial charge on any atom is 0.188 e. The minimum Gasteiger partial charge on any atom is -0.379 e. The molecule has 0 spiro atoms. The first-order valence-corrected chi connectivity index (χ1v) is 9.33. The van der Waals surface area contributed by atoms with E-state index in [0.717, 1.165) is 64.8 Å². The molecule has 0 bridgehead atoms. The molecule has 0 radical (unpaired) electrons. The number of aliphatic imine (C=N–C) groups is 1. The van der Waals surface area contributed by atoms with Crippen molar-refractivity contribution in [2.24, 2.45) is 10.7 Å². The molecule has 2 fully saturated rings. The summed E-state index contributed by atoms with van der Waals surface area (Å²) in [5, 5.41) is 3.24. The number of nitrogens with zero attached hydrogens (tertiary/aromatic N) is 3. The van der Waals surface area contributed by atoms with Crippen LogP contribution in [0.15, 0.2) is 4.99 Å². The van der Waals surface area contributed by atoms with Gasteiger partial charge in [0.05, 0.1) is 13.2 Å². The molecule has 7 heteroatoms. The number of morpholine rings is 1. The Morgan fingerprint density at radius 1 is 1.17 bits per heavy atom. The fourth-order valence-corrected chi connectivity index (χ4v) is 3.36. The topological polar surface area (TPSA) is 66.1 Å². The lowest BCUT2D eigenvalue weighted by molar-refractivity contribution is 0.0377. The molecule has 0 aromatic carbocycles. The predicted octanol–water partition coefficient (Wildman–Crippen LogP) is 1.50. The van der Waals surface area contributed by atoms with Crippen molar-refractivity contribution in [1.29, 1.82) is 0 Å². The van der Waals surface area contributed by atoms with Gasteiger partial charge in [0.1, 0.15) is 0 Å². The van der Waals surface area contributed by atoms with Crippen molar-refractivity contribution < 1.29 is 4.74 Å². The highest BCUT2D eigenvalue weighted by molar-refractivity contribution is 14.0. The molecule has 1 atom stereocenters. The number of piperidine rings is 1. The van der Waals surface area contributed by atoms with Gasteiger partial charge >= 0.3 is 0 Å². The van der Waals surface area contributed by atoms with Crippen LogP contribution in [0.3, 0.4) is 0 Å². The van der Waals surface area contributed by atoms with Gasteiger partial charge in [0.2, 0.25) is 0 Å². The summed E-state index contributed by atoms with van der Waals surface area (Å²) in [5.41, 5.74) is 5.93. The molecule has 2 aliphatic heterocycles. The Morgan fingerprint density at radius 2 is 1.96 bits per heavy atom. The molecule has 1 unspecified atom stereocenters. The van der Waals surface area contributed by atoms with Crippen LogP contribution < -0.4 is 11.1 Å². The minimum absolute atomic E-state index is 0. The SMILES string of the molecule is CC1CCCCN1CCCNC(N)=NCCCN1CCOCC1.I. The van der Waals surface area contributed by atoms with E-state index < -0.39 is 0 Å². The van der Waals surface area contributed by atoms with Gasteiger partial charge in [-0.15, -0.1) is 24.0 Å². The number of likely N-dealkylation sites (tertiary alicyclic amines) is 1. The van der Waals surface area contributed by atoms with E-state index in [2.05, 4.69) is 27.0 Å². The zero-order valence-corrected chi connectivity index (χ0v) is 17.5. The van der Waals surface area contributed by atoms with Gasteiger partial charge in [-0.3, -0.25) is 9.89 Å². The van der Waals surface area contributed by atoms with Crippen LogP contribution in [0.25, 0.3) is 0 Å². The quantitative estimate of drug-likeness (QED) is 0.252. The first kappa shape index (κ1) is 21.9. The molecular formula is C17H36IN5O. The van der Waals surface area contributed by atoms with Crippen molar-refractivity contribution in [3.05, 3.63) is 0 Å². The van der Waals surface area contributed by atoms with Crippen LogP contribution in [0.5, 0.6) is 0 Å². The highest BCUT2D eigenvalue weighted by Gasteiger charge is 2.16. The summed E-state index contributed by atoms with van der Waals surface area (Å²) in [6, 6.07) is 0.745. The van der Waals surface area contributed by atoms with Crippen LogP contribution in [0.4, 0.5) is 0 Å². The molecule has 2 aliphatic rings. The van der Waals surface area contributed by atoms with E-state index in [9.17, 15) is 0 Å². The molecule has 142 valence electrons. The van der Waals surface area contributed by atoms with E-state index in [1.165, 1.54) is 32.4 Å². The van der Waals surface area contributed by atoms with Gasteiger partial charge in [0.15, 0.2) is 5.96 Å². The molecule has 0 aliphatic carbocycles. The highest BCUT2D eigenvalue weighted by atomic mass is 127. The second-order valence-electron chi connectivity index (χ2n) is 6.74. The van der Waals surface area contributed by atoms with Crippen molar-refractivity contribution in [3.63, 3.8) is 0 Å². The van der Waals surface area contributed by atoms with E-state index in [1.54, 1.807) is 0 Å². The van der Waals surface area contributed by atoms with Crippen LogP contribution in [-0.2, 0) is 4.74 Å². The zero-order valence-electron chi connectivity index (χ0n) is 15.2. The number of hydrogen-bond donors (Lipinski definition) is 2. The molecule has 6 nitrogen and oxygen atoms in total. The molecule has 0 saturated carbocycles. The van der Waals surface area contributed by atoms with Gasteiger partial charge in [-0.2, -0.15) is 0 Å². The molecular weight excluding hydrogens is 417 g/mol. The van der Waals surface area contributed by atoms with Crippen LogP contribution in [0, 0.1) is 0 Å². The second kappa shape index (κ2) is 13.1. The lowest BCUT2D eigenvalue weighted by Crippen LogP contribution is -2.40. The third-order valence-corrected chi connectivity index (χ3v) is 4.89. The van der Waals surface area contributed by atoms with Gasteiger partial charge in [0, 0.05) is 45.3 Å². The average molecular weight is 453 g/mol. The number of nitrogens with two attached hydrogens (primary N) is 1. The van der Waals surface area contributed by atoms with Crippen molar-refractivity contribution in [1.82, 2.24) is 15.1 Å². The average Bonchev–Trinajstić information content (AvgIpc) is 2.58. The monoisotopic (exact) mass is 453 g/mol. The molecule has 3 N–H and O–H groups in total. The molecule has 2 heterocycles. The Morgan fingerprint density at radius 3 is 2.71 bits per heavy atom. The van der Waals surface area contributed by atoms with Gasteiger partial charge < -0.3 is 20.7 Å². The number of hydrogen-bond acceptors (Lipinski definition) is 4. The third kappa shape index (κ3) is 8.82. The van der Waals surface area contributed by atoms with E-state index in [4.69, 9.17) is 10.5 Å². The second-order valence-corrected chi connectivity index (χ2v) is 6.74. The smallest absolute Gasteiger partial charge is 0.188 e. The van der Waals surface area contributed by atoms with E-state index in [0.29, 0.717) is 5.96 Å².